The monoisotopic (exact) mass is 310 g/mol. The number of likely N-dealkylation sites (N-methyl/N-ethyl adjacent to an activating group) is 1. The van der Waals surface area contributed by atoms with Gasteiger partial charge < -0.3 is 24.8 Å². The van der Waals surface area contributed by atoms with Crippen molar-refractivity contribution in [1.29, 1.82) is 0 Å². The maximum Gasteiger partial charge on any atom is 0.255 e. The summed E-state index contributed by atoms with van der Waals surface area (Å²) < 4.78 is 15.6. The van der Waals surface area contributed by atoms with Crippen LogP contribution >= 0.6 is 0 Å². The lowest BCUT2D eigenvalue weighted by molar-refractivity contribution is -0.122. The molecule has 0 spiro atoms. The number of hydrogen-bond donors (Lipinski definition) is 2. The maximum absolute atomic E-state index is 12.3. The van der Waals surface area contributed by atoms with Crippen LogP contribution in [0.15, 0.2) is 12.1 Å². The van der Waals surface area contributed by atoms with Gasteiger partial charge in [-0.3, -0.25) is 9.59 Å². The molecule has 1 rings (SSSR count). The lowest BCUT2D eigenvalue weighted by Crippen LogP contribution is -2.44. The number of amides is 2. The molecule has 0 heterocycles. The van der Waals surface area contributed by atoms with Crippen LogP contribution in [-0.4, -0.2) is 45.7 Å². The molecule has 1 aromatic carbocycles. The second kappa shape index (κ2) is 8.11. The molecule has 0 radical (unpaired) electrons. The average Bonchev–Trinajstić information content (AvgIpc) is 2.52. The van der Waals surface area contributed by atoms with Gasteiger partial charge in [0.2, 0.25) is 11.7 Å². The van der Waals surface area contributed by atoms with Crippen LogP contribution < -0.4 is 24.8 Å². The van der Waals surface area contributed by atoms with Gasteiger partial charge >= 0.3 is 0 Å². The summed E-state index contributed by atoms with van der Waals surface area (Å²) in [4.78, 5) is 24.0. The van der Waals surface area contributed by atoms with E-state index in [0.29, 0.717) is 18.0 Å². The van der Waals surface area contributed by atoms with Crippen LogP contribution in [0.25, 0.3) is 0 Å². The van der Waals surface area contributed by atoms with Gasteiger partial charge in [-0.15, -0.1) is 0 Å². The van der Waals surface area contributed by atoms with Gasteiger partial charge in [-0.05, 0) is 26.0 Å². The van der Waals surface area contributed by atoms with Gasteiger partial charge in [0.25, 0.3) is 5.91 Å². The van der Waals surface area contributed by atoms with E-state index in [2.05, 4.69) is 10.6 Å². The molecule has 0 aliphatic heterocycles. The van der Waals surface area contributed by atoms with Gasteiger partial charge in [0, 0.05) is 6.54 Å². The number of ether oxygens (including phenoxy) is 3. The fraction of sp³-hybridized carbons (Fsp3) is 0.467. The summed E-state index contributed by atoms with van der Waals surface area (Å²) in [5.41, 5.74) is 0.260. The summed E-state index contributed by atoms with van der Waals surface area (Å²) in [5, 5.41) is 5.26. The van der Waals surface area contributed by atoms with Crippen LogP contribution in [0.4, 0.5) is 0 Å². The first-order chi connectivity index (χ1) is 10.5. The van der Waals surface area contributed by atoms with Crippen LogP contribution in [-0.2, 0) is 4.79 Å². The van der Waals surface area contributed by atoms with Crippen molar-refractivity contribution in [2.24, 2.45) is 0 Å². The molecule has 7 heteroatoms. The highest BCUT2D eigenvalue weighted by Crippen LogP contribution is 2.39. The predicted octanol–water partition coefficient (Wildman–Crippen LogP) is 0.967. The number of rotatable bonds is 7. The molecule has 122 valence electrons. The third kappa shape index (κ3) is 3.81. The third-order valence-electron chi connectivity index (χ3n) is 3.04. The minimum Gasteiger partial charge on any atom is -0.493 e. The van der Waals surface area contributed by atoms with Crippen molar-refractivity contribution >= 4 is 11.8 Å². The van der Waals surface area contributed by atoms with Crippen LogP contribution in [0.2, 0.25) is 0 Å². The number of nitrogens with one attached hydrogen (secondary N) is 2. The Balaban J connectivity index is 3.05. The van der Waals surface area contributed by atoms with Crippen molar-refractivity contribution in [3.8, 4) is 17.2 Å². The fourth-order valence-electron chi connectivity index (χ4n) is 1.95. The number of carbonyl (C=O) groups is 2. The molecule has 1 aromatic rings. The van der Waals surface area contributed by atoms with E-state index in [4.69, 9.17) is 14.2 Å². The zero-order chi connectivity index (χ0) is 16.7. The second-order valence-corrected chi connectivity index (χ2v) is 4.47. The normalized spacial score (nSPS) is 11.3. The van der Waals surface area contributed by atoms with Gasteiger partial charge in [0.05, 0.1) is 26.9 Å². The summed E-state index contributed by atoms with van der Waals surface area (Å²) in [6.45, 7) is 3.92. The number of carbonyl (C=O) groups excluding carboxylic acids is 2. The van der Waals surface area contributed by atoms with E-state index in [0.717, 1.165) is 0 Å². The van der Waals surface area contributed by atoms with E-state index in [-0.39, 0.29) is 17.2 Å². The predicted molar refractivity (Wildman–Crippen MR) is 81.7 cm³/mol. The van der Waals surface area contributed by atoms with Crippen molar-refractivity contribution in [3.05, 3.63) is 17.7 Å². The standard InChI is InChI=1S/C15H22N2O5/c1-6-16-14(18)9(2)17-15(19)10-7-8-11(20-3)13(22-5)12(10)21-4/h7-9H,6H2,1-5H3,(H,16,18)(H,17,19). The molecule has 1 atom stereocenters. The largest absolute Gasteiger partial charge is 0.493 e. The van der Waals surface area contributed by atoms with Crippen LogP contribution in [0.1, 0.15) is 24.2 Å². The first kappa shape index (κ1) is 17.6. The Hall–Kier alpha value is -2.44. The van der Waals surface area contributed by atoms with E-state index >= 15 is 0 Å². The van der Waals surface area contributed by atoms with Crippen LogP contribution in [0.3, 0.4) is 0 Å². The van der Waals surface area contributed by atoms with Crippen LogP contribution in [0, 0.1) is 0 Å². The molecule has 0 fully saturated rings. The van der Waals surface area contributed by atoms with E-state index < -0.39 is 11.9 Å². The molecule has 0 aliphatic carbocycles. The summed E-state index contributed by atoms with van der Waals surface area (Å²) in [5.74, 6) is 0.338. The first-order valence-corrected chi connectivity index (χ1v) is 6.87. The summed E-state index contributed by atoms with van der Waals surface area (Å²) >= 11 is 0. The Labute approximate surface area is 129 Å². The van der Waals surface area contributed by atoms with Crippen molar-refractivity contribution in [3.63, 3.8) is 0 Å². The lowest BCUT2D eigenvalue weighted by atomic mass is 10.1. The molecule has 0 aliphatic rings. The summed E-state index contributed by atoms with van der Waals surface area (Å²) in [7, 11) is 4.38. The smallest absolute Gasteiger partial charge is 0.255 e. The molecule has 2 amide bonds. The average molecular weight is 310 g/mol. The van der Waals surface area contributed by atoms with E-state index in [1.807, 2.05) is 6.92 Å². The second-order valence-electron chi connectivity index (χ2n) is 4.47. The lowest BCUT2D eigenvalue weighted by Gasteiger charge is -2.17. The molecule has 0 saturated carbocycles. The number of benzene rings is 1. The minimum absolute atomic E-state index is 0.252. The Kier molecular flexibility index (Phi) is 6.49. The summed E-state index contributed by atoms with van der Waals surface area (Å²) in [6, 6.07) is 2.50. The Bertz CT molecular complexity index is 545. The quantitative estimate of drug-likeness (QED) is 0.783. The van der Waals surface area contributed by atoms with Gasteiger partial charge in [-0.1, -0.05) is 0 Å². The molecule has 1 unspecified atom stereocenters. The molecule has 0 saturated heterocycles. The molecule has 7 nitrogen and oxygen atoms in total. The minimum atomic E-state index is -0.662. The van der Waals surface area contributed by atoms with Crippen LogP contribution in [0.5, 0.6) is 17.2 Å². The molecule has 2 N–H and O–H groups in total. The molecule has 0 bridgehead atoms. The van der Waals surface area contributed by atoms with Gasteiger partial charge in [0.15, 0.2) is 11.5 Å². The zero-order valence-electron chi connectivity index (χ0n) is 13.5. The van der Waals surface area contributed by atoms with Gasteiger partial charge in [0.1, 0.15) is 6.04 Å². The first-order valence-electron chi connectivity index (χ1n) is 6.87. The highest BCUT2D eigenvalue weighted by molar-refractivity contribution is 6.00. The van der Waals surface area contributed by atoms with E-state index in [1.165, 1.54) is 21.3 Å². The third-order valence-corrected chi connectivity index (χ3v) is 3.04. The Morgan fingerprint density at radius 3 is 2.23 bits per heavy atom. The molecular weight excluding hydrogens is 288 g/mol. The fourth-order valence-corrected chi connectivity index (χ4v) is 1.95. The Morgan fingerprint density at radius 2 is 1.73 bits per heavy atom. The van der Waals surface area contributed by atoms with Crippen molar-refractivity contribution < 1.29 is 23.8 Å². The van der Waals surface area contributed by atoms with E-state index in [9.17, 15) is 9.59 Å². The molecule has 0 aromatic heterocycles. The molecule has 22 heavy (non-hydrogen) atoms. The maximum atomic E-state index is 12.3. The topological polar surface area (TPSA) is 85.9 Å². The van der Waals surface area contributed by atoms with Gasteiger partial charge in [-0.2, -0.15) is 0 Å². The SMILES string of the molecule is CCNC(=O)C(C)NC(=O)c1ccc(OC)c(OC)c1OC. The zero-order valence-corrected chi connectivity index (χ0v) is 13.5. The number of hydrogen-bond acceptors (Lipinski definition) is 5. The Morgan fingerprint density at radius 1 is 1.09 bits per heavy atom. The summed E-state index contributed by atoms with van der Waals surface area (Å²) in [6.07, 6.45) is 0. The van der Waals surface area contributed by atoms with Gasteiger partial charge in [-0.25, -0.2) is 0 Å². The highest BCUT2D eigenvalue weighted by atomic mass is 16.5. The highest BCUT2D eigenvalue weighted by Gasteiger charge is 2.23. The van der Waals surface area contributed by atoms with Crippen molar-refractivity contribution in [2.75, 3.05) is 27.9 Å². The van der Waals surface area contributed by atoms with E-state index in [1.54, 1.807) is 19.1 Å². The van der Waals surface area contributed by atoms with Crippen molar-refractivity contribution in [1.82, 2.24) is 10.6 Å². The molecular formula is C15H22N2O5. The number of methoxy groups -OCH3 is 3. The van der Waals surface area contributed by atoms with Crippen molar-refractivity contribution in [2.45, 2.75) is 19.9 Å².